The number of thiophene rings is 1. The molecule has 19 heavy (non-hydrogen) atoms. The molecule has 0 bridgehead atoms. The summed E-state index contributed by atoms with van der Waals surface area (Å²) < 4.78 is 1.28. The second-order valence-corrected chi connectivity index (χ2v) is 6.83. The van der Waals surface area contributed by atoms with Crippen LogP contribution in [-0.2, 0) is 0 Å². The van der Waals surface area contributed by atoms with Crippen molar-refractivity contribution in [3.8, 4) is 6.07 Å². The summed E-state index contributed by atoms with van der Waals surface area (Å²) >= 11 is 3.41. The largest absolute Gasteiger partial charge is 0.242 e. The molecule has 96 valence electrons. The van der Waals surface area contributed by atoms with Crippen LogP contribution in [0.5, 0.6) is 0 Å². The molecule has 0 aliphatic heterocycles. The van der Waals surface area contributed by atoms with E-state index in [2.05, 4.69) is 17.1 Å². The van der Waals surface area contributed by atoms with Gasteiger partial charge in [-0.1, -0.05) is 12.1 Å². The Hall–Kier alpha value is -1.70. The van der Waals surface area contributed by atoms with E-state index in [-0.39, 0.29) is 0 Å². The van der Waals surface area contributed by atoms with Gasteiger partial charge in [0.25, 0.3) is 0 Å². The zero-order chi connectivity index (χ0) is 13.8. The third-order valence-corrected chi connectivity index (χ3v) is 4.48. The van der Waals surface area contributed by atoms with E-state index >= 15 is 0 Å². The molecule has 0 N–H and O–H groups in total. The minimum atomic E-state index is 0.817. The minimum Gasteiger partial charge on any atom is -0.242 e. The lowest BCUT2D eigenvalue weighted by Gasteiger charge is -1.80. The average Bonchev–Trinajstić information content (AvgIpc) is 2.90. The molecule has 0 atom stereocenters. The molecule has 2 nitrogen and oxygen atoms in total. The van der Waals surface area contributed by atoms with E-state index in [0.29, 0.717) is 0 Å². The van der Waals surface area contributed by atoms with Crippen LogP contribution in [0.3, 0.4) is 0 Å². The topological polar surface area (TPSA) is 36.7 Å². The van der Waals surface area contributed by atoms with E-state index in [0.717, 1.165) is 21.0 Å². The summed E-state index contributed by atoms with van der Waals surface area (Å²) in [5.74, 6) is 0. The molecule has 0 amide bonds. The van der Waals surface area contributed by atoms with Crippen molar-refractivity contribution in [2.75, 3.05) is 0 Å². The summed E-state index contributed by atoms with van der Waals surface area (Å²) in [6.07, 6.45) is 0. The number of thiazole rings is 1. The third-order valence-electron chi connectivity index (χ3n) is 2.56. The molecule has 2 aromatic heterocycles. The molecule has 2 heterocycles. The minimum absolute atomic E-state index is 0.817. The molecule has 0 unspecified atom stereocenters. The van der Waals surface area contributed by atoms with Crippen molar-refractivity contribution in [3.63, 3.8) is 0 Å². The number of para-hydroxylation sites is 1. The number of hydrogen-bond acceptors (Lipinski definition) is 4. The van der Waals surface area contributed by atoms with E-state index in [4.69, 9.17) is 5.26 Å². The van der Waals surface area contributed by atoms with Crippen molar-refractivity contribution in [2.45, 2.75) is 20.8 Å². The Labute approximate surface area is 121 Å². The lowest BCUT2D eigenvalue weighted by molar-refractivity contribution is 1.35. The Morgan fingerprint density at radius 1 is 1.11 bits per heavy atom. The standard InChI is InChI=1S/C8H7NS.C7H7NS/c1-6-9-7-4-2-3-5-8(7)10-6;1-5-3-7(4-8)6(2)9-5/h2-5H,1H3;3H,1-2H3. The van der Waals surface area contributed by atoms with Crippen molar-refractivity contribution in [3.05, 3.63) is 50.7 Å². The molecule has 0 fully saturated rings. The summed E-state index contributed by atoms with van der Waals surface area (Å²) in [5.41, 5.74) is 1.93. The van der Waals surface area contributed by atoms with Crippen LogP contribution in [0, 0.1) is 32.1 Å². The first-order valence-electron chi connectivity index (χ1n) is 5.89. The van der Waals surface area contributed by atoms with Gasteiger partial charge in [0.15, 0.2) is 0 Å². The quantitative estimate of drug-likeness (QED) is 0.593. The Bertz CT molecular complexity index is 699. The van der Waals surface area contributed by atoms with Crippen LogP contribution < -0.4 is 0 Å². The fourth-order valence-corrected chi connectivity index (χ4v) is 3.43. The van der Waals surface area contributed by atoms with Crippen LogP contribution in [0.15, 0.2) is 30.3 Å². The second kappa shape index (κ2) is 5.96. The lowest BCUT2D eigenvalue weighted by atomic mass is 10.3. The zero-order valence-corrected chi connectivity index (χ0v) is 12.7. The maximum absolute atomic E-state index is 8.49. The van der Waals surface area contributed by atoms with Gasteiger partial charge in [0.05, 0.1) is 20.8 Å². The van der Waals surface area contributed by atoms with Crippen molar-refractivity contribution >= 4 is 32.9 Å². The molecule has 0 radical (unpaired) electrons. The normalized spacial score (nSPS) is 9.79. The van der Waals surface area contributed by atoms with E-state index in [1.165, 1.54) is 9.58 Å². The summed E-state index contributed by atoms with van der Waals surface area (Å²) in [7, 11) is 0. The number of hydrogen-bond donors (Lipinski definition) is 0. The Kier molecular flexibility index (Phi) is 4.31. The predicted molar refractivity (Wildman–Crippen MR) is 82.9 cm³/mol. The fourth-order valence-electron chi connectivity index (χ4n) is 1.73. The molecular weight excluding hydrogens is 272 g/mol. The van der Waals surface area contributed by atoms with Gasteiger partial charge in [-0.25, -0.2) is 4.98 Å². The number of benzene rings is 1. The fraction of sp³-hybridized carbons (Fsp3) is 0.200. The summed E-state index contributed by atoms with van der Waals surface area (Å²) in [6.45, 7) is 6.01. The maximum Gasteiger partial charge on any atom is 0.100 e. The molecule has 0 saturated heterocycles. The molecule has 0 aliphatic carbocycles. The number of aromatic nitrogens is 1. The van der Waals surface area contributed by atoms with Gasteiger partial charge in [-0.05, 0) is 39.0 Å². The van der Waals surface area contributed by atoms with Crippen LogP contribution in [0.2, 0.25) is 0 Å². The van der Waals surface area contributed by atoms with E-state index in [1.54, 1.807) is 22.7 Å². The van der Waals surface area contributed by atoms with Gasteiger partial charge < -0.3 is 0 Å². The molecule has 3 rings (SSSR count). The summed E-state index contributed by atoms with van der Waals surface area (Å²) in [4.78, 5) is 6.66. The number of nitriles is 1. The molecule has 0 spiro atoms. The SMILES string of the molecule is Cc1cc(C#N)c(C)s1.Cc1nc2ccccc2s1. The molecule has 0 aliphatic rings. The number of nitrogens with zero attached hydrogens (tertiary/aromatic N) is 2. The van der Waals surface area contributed by atoms with Gasteiger partial charge in [0.1, 0.15) is 6.07 Å². The highest BCUT2D eigenvalue weighted by Gasteiger charge is 1.98. The Morgan fingerprint density at radius 3 is 2.37 bits per heavy atom. The van der Waals surface area contributed by atoms with E-state index < -0.39 is 0 Å². The van der Waals surface area contributed by atoms with Crippen molar-refractivity contribution in [1.82, 2.24) is 4.98 Å². The van der Waals surface area contributed by atoms with E-state index in [9.17, 15) is 0 Å². The highest BCUT2D eigenvalue weighted by atomic mass is 32.1. The summed E-state index contributed by atoms with van der Waals surface area (Å²) in [5, 5.41) is 9.63. The zero-order valence-electron chi connectivity index (χ0n) is 11.1. The number of aryl methyl sites for hydroxylation is 3. The Balaban J connectivity index is 0.000000141. The lowest BCUT2D eigenvalue weighted by Crippen LogP contribution is -1.66. The van der Waals surface area contributed by atoms with Crippen LogP contribution in [-0.4, -0.2) is 4.98 Å². The first-order valence-corrected chi connectivity index (χ1v) is 7.53. The van der Waals surface area contributed by atoms with Gasteiger partial charge in [-0.15, -0.1) is 22.7 Å². The van der Waals surface area contributed by atoms with Gasteiger partial charge >= 0.3 is 0 Å². The second-order valence-electron chi connectivity index (χ2n) is 4.14. The monoisotopic (exact) mass is 286 g/mol. The highest BCUT2D eigenvalue weighted by Crippen LogP contribution is 2.20. The summed E-state index contributed by atoms with van der Waals surface area (Å²) in [6, 6.07) is 12.2. The first-order chi connectivity index (χ1) is 9.10. The number of fused-ring (bicyclic) bond motifs is 1. The molecular formula is C15H14N2S2. The van der Waals surface area contributed by atoms with Gasteiger partial charge in [-0.2, -0.15) is 5.26 Å². The van der Waals surface area contributed by atoms with Gasteiger partial charge in [0.2, 0.25) is 0 Å². The third kappa shape index (κ3) is 3.40. The van der Waals surface area contributed by atoms with Gasteiger partial charge in [-0.3, -0.25) is 0 Å². The van der Waals surface area contributed by atoms with Crippen molar-refractivity contribution in [2.24, 2.45) is 0 Å². The smallest absolute Gasteiger partial charge is 0.100 e. The highest BCUT2D eigenvalue weighted by molar-refractivity contribution is 7.18. The first kappa shape index (κ1) is 13.7. The predicted octanol–water partition coefficient (Wildman–Crippen LogP) is 4.84. The molecule has 1 aromatic carbocycles. The average molecular weight is 286 g/mol. The molecule has 3 aromatic rings. The van der Waals surface area contributed by atoms with Crippen LogP contribution >= 0.6 is 22.7 Å². The maximum atomic E-state index is 8.49. The van der Waals surface area contributed by atoms with Crippen LogP contribution in [0.4, 0.5) is 0 Å². The van der Waals surface area contributed by atoms with Crippen molar-refractivity contribution < 1.29 is 0 Å². The van der Waals surface area contributed by atoms with Crippen LogP contribution in [0.1, 0.15) is 20.3 Å². The van der Waals surface area contributed by atoms with Crippen molar-refractivity contribution in [1.29, 1.82) is 5.26 Å². The van der Waals surface area contributed by atoms with Gasteiger partial charge in [0, 0.05) is 9.75 Å². The molecule has 4 heteroatoms. The molecule has 0 saturated carbocycles. The van der Waals surface area contributed by atoms with Crippen LogP contribution in [0.25, 0.3) is 10.2 Å². The van der Waals surface area contributed by atoms with E-state index in [1.807, 2.05) is 45.0 Å². The number of rotatable bonds is 0. The Morgan fingerprint density at radius 2 is 1.84 bits per heavy atom.